The van der Waals surface area contributed by atoms with E-state index < -0.39 is 15.5 Å². The number of hydrogen-bond acceptors (Lipinski definition) is 3. The molecule has 0 aromatic heterocycles. The summed E-state index contributed by atoms with van der Waals surface area (Å²) in [7, 11) is -4.05. The van der Waals surface area contributed by atoms with Gasteiger partial charge in [0.05, 0.1) is 0 Å². The third kappa shape index (κ3) is 3.69. The van der Waals surface area contributed by atoms with Crippen molar-refractivity contribution < 1.29 is 13.0 Å². The van der Waals surface area contributed by atoms with Gasteiger partial charge in [-0.2, -0.15) is 8.42 Å². The fourth-order valence-corrected chi connectivity index (χ4v) is 1.64. The van der Waals surface area contributed by atoms with Gasteiger partial charge in [0.25, 0.3) is 10.1 Å². The highest BCUT2D eigenvalue weighted by molar-refractivity contribution is 7.86. The molecule has 5 heteroatoms. The molecule has 0 saturated carbocycles. The summed E-state index contributed by atoms with van der Waals surface area (Å²) in [5, 5.41) is -1.14. The SMILES string of the molecule is CCCC(C)C(N)S(=O)(=O)O. The van der Waals surface area contributed by atoms with Gasteiger partial charge in [0, 0.05) is 0 Å². The van der Waals surface area contributed by atoms with Crippen LogP contribution in [0.25, 0.3) is 0 Å². The van der Waals surface area contributed by atoms with Gasteiger partial charge in [-0.15, -0.1) is 0 Å². The predicted octanol–water partition coefficient (Wildman–Crippen LogP) is 0.595. The molecule has 0 fully saturated rings. The normalized spacial score (nSPS) is 17.8. The molecule has 0 aromatic rings. The number of nitrogens with two attached hydrogens (primary N) is 1. The van der Waals surface area contributed by atoms with E-state index in [1.807, 2.05) is 6.92 Å². The van der Waals surface area contributed by atoms with Crippen molar-refractivity contribution in [2.24, 2.45) is 11.7 Å². The minimum Gasteiger partial charge on any atom is -0.313 e. The van der Waals surface area contributed by atoms with Gasteiger partial charge in [-0.3, -0.25) is 4.55 Å². The van der Waals surface area contributed by atoms with Crippen molar-refractivity contribution in [3.05, 3.63) is 0 Å². The first-order valence-corrected chi connectivity index (χ1v) is 5.11. The molecule has 4 nitrogen and oxygen atoms in total. The van der Waals surface area contributed by atoms with Crippen LogP contribution < -0.4 is 5.73 Å². The van der Waals surface area contributed by atoms with E-state index in [4.69, 9.17) is 10.3 Å². The van der Waals surface area contributed by atoms with E-state index in [1.54, 1.807) is 6.92 Å². The quantitative estimate of drug-likeness (QED) is 0.622. The first kappa shape index (κ1) is 10.9. The van der Waals surface area contributed by atoms with Crippen molar-refractivity contribution in [2.75, 3.05) is 0 Å². The van der Waals surface area contributed by atoms with Gasteiger partial charge in [0.15, 0.2) is 0 Å². The predicted molar refractivity (Wildman–Crippen MR) is 43.6 cm³/mol. The smallest absolute Gasteiger partial charge is 0.281 e. The molecule has 0 radical (unpaired) electrons. The summed E-state index contributed by atoms with van der Waals surface area (Å²) < 4.78 is 29.5. The second kappa shape index (κ2) is 4.04. The van der Waals surface area contributed by atoms with Crippen LogP contribution in [-0.4, -0.2) is 18.3 Å². The molecule has 0 saturated heterocycles. The zero-order valence-electron chi connectivity index (χ0n) is 6.82. The van der Waals surface area contributed by atoms with Crippen LogP contribution in [0, 0.1) is 5.92 Å². The Balaban J connectivity index is 4.14. The number of rotatable bonds is 4. The summed E-state index contributed by atoms with van der Waals surface area (Å²) >= 11 is 0. The molecule has 0 aliphatic heterocycles. The van der Waals surface area contributed by atoms with Crippen LogP contribution in [0.3, 0.4) is 0 Å². The van der Waals surface area contributed by atoms with E-state index in [2.05, 4.69) is 0 Å². The lowest BCUT2D eigenvalue weighted by Crippen LogP contribution is -2.36. The van der Waals surface area contributed by atoms with Crippen molar-refractivity contribution in [3.63, 3.8) is 0 Å². The maximum Gasteiger partial charge on any atom is 0.281 e. The van der Waals surface area contributed by atoms with E-state index in [9.17, 15) is 8.42 Å². The average molecular weight is 181 g/mol. The molecule has 2 atom stereocenters. The third-order valence-corrected chi connectivity index (χ3v) is 2.80. The molecule has 0 bridgehead atoms. The van der Waals surface area contributed by atoms with Crippen LogP contribution in [-0.2, 0) is 10.1 Å². The highest BCUT2D eigenvalue weighted by atomic mass is 32.2. The van der Waals surface area contributed by atoms with Gasteiger partial charge < -0.3 is 5.73 Å². The lowest BCUT2D eigenvalue weighted by molar-refractivity contribution is 0.421. The second-order valence-corrected chi connectivity index (χ2v) is 4.32. The maximum atomic E-state index is 10.5. The van der Waals surface area contributed by atoms with Gasteiger partial charge in [-0.25, -0.2) is 0 Å². The summed E-state index contributed by atoms with van der Waals surface area (Å²) in [5.74, 6) is -0.185. The Bertz CT molecular complexity index is 200. The molecule has 3 N–H and O–H groups in total. The van der Waals surface area contributed by atoms with Gasteiger partial charge in [0.2, 0.25) is 0 Å². The molecule has 68 valence electrons. The van der Waals surface area contributed by atoms with Crippen LogP contribution >= 0.6 is 0 Å². The molecular weight excluding hydrogens is 166 g/mol. The van der Waals surface area contributed by atoms with E-state index in [0.29, 0.717) is 6.42 Å². The molecule has 0 spiro atoms. The van der Waals surface area contributed by atoms with Gasteiger partial charge in [0.1, 0.15) is 5.37 Å². The van der Waals surface area contributed by atoms with Crippen molar-refractivity contribution in [2.45, 2.75) is 32.1 Å². The Hall–Kier alpha value is -0.130. The Morgan fingerprint density at radius 1 is 1.55 bits per heavy atom. The second-order valence-electron chi connectivity index (χ2n) is 2.75. The minimum absolute atomic E-state index is 0.185. The van der Waals surface area contributed by atoms with Crippen LogP contribution in [0.1, 0.15) is 26.7 Å². The van der Waals surface area contributed by atoms with Gasteiger partial charge >= 0.3 is 0 Å². The van der Waals surface area contributed by atoms with Crippen LogP contribution in [0.5, 0.6) is 0 Å². The van der Waals surface area contributed by atoms with Gasteiger partial charge in [-0.1, -0.05) is 20.3 Å². The maximum absolute atomic E-state index is 10.5. The molecule has 0 aliphatic carbocycles. The fourth-order valence-electron chi connectivity index (χ4n) is 0.913. The van der Waals surface area contributed by atoms with E-state index in [0.717, 1.165) is 6.42 Å². The fraction of sp³-hybridized carbons (Fsp3) is 1.00. The molecule has 0 heterocycles. The van der Waals surface area contributed by atoms with Crippen molar-refractivity contribution in [1.82, 2.24) is 0 Å². The zero-order chi connectivity index (χ0) is 9.07. The molecule has 0 amide bonds. The van der Waals surface area contributed by atoms with E-state index in [-0.39, 0.29) is 5.92 Å². The van der Waals surface area contributed by atoms with Crippen molar-refractivity contribution in [3.8, 4) is 0 Å². The first-order valence-electron chi connectivity index (χ1n) is 3.61. The summed E-state index contributed by atoms with van der Waals surface area (Å²) in [6.07, 6.45) is 1.57. The average Bonchev–Trinajstić information content (AvgIpc) is 1.85. The standard InChI is InChI=1S/C6H15NO3S/c1-3-4-5(2)6(7)11(8,9)10/h5-6H,3-4,7H2,1-2H3,(H,8,9,10). The topological polar surface area (TPSA) is 80.4 Å². The summed E-state index contributed by atoms with van der Waals surface area (Å²) in [5.41, 5.74) is 5.24. The van der Waals surface area contributed by atoms with Crippen LogP contribution in [0.4, 0.5) is 0 Å². The molecular formula is C6H15NO3S. The lowest BCUT2D eigenvalue weighted by Gasteiger charge is -2.15. The van der Waals surface area contributed by atoms with Gasteiger partial charge in [-0.05, 0) is 12.3 Å². The monoisotopic (exact) mass is 181 g/mol. The Morgan fingerprint density at radius 3 is 2.27 bits per heavy atom. The van der Waals surface area contributed by atoms with Crippen LogP contribution in [0.15, 0.2) is 0 Å². The van der Waals surface area contributed by atoms with Crippen LogP contribution in [0.2, 0.25) is 0 Å². The molecule has 0 rings (SSSR count). The summed E-state index contributed by atoms with van der Waals surface area (Å²) in [6.45, 7) is 3.65. The molecule has 11 heavy (non-hydrogen) atoms. The summed E-state index contributed by atoms with van der Waals surface area (Å²) in [4.78, 5) is 0. The van der Waals surface area contributed by atoms with E-state index in [1.165, 1.54) is 0 Å². The minimum atomic E-state index is -4.05. The zero-order valence-corrected chi connectivity index (χ0v) is 7.63. The summed E-state index contributed by atoms with van der Waals surface area (Å²) in [6, 6.07) is 0. The Kier molecular flexibility index (Phi) is 3.99. The molecule has 0 aliphatic rings. The van der Waals surface area contributed by atoms with Crippen molar-refractivity contribution >= 4 is 10.1 Å². The third-order valence-electron chi connectivity index (χ3n) is 1.65. The van der Waals surface area contributed by atoms with E-state index >= 15 is 0 Å². The highest BCUT2D eigenvalue weighted by Gasteiger charge is 2.23. The number of hydrogen-bond donors (Lipinski definition) is 2. The highest BCUT2D eigenvalue weighted by Crippen LogP contribution is 2.12. The Labute approximate surface area is 67.5 Å². The molecule has 2 unspecified atom stereocenters. The van der Waals surface area contributed by atoms with Crippen molar-refractivity contribution in [1.29, 1.82) is 0 Å². The lowest BCUT2D eigenvalue weighted by atomic mass is 10.1. The molecule has 0 aromatic carbocycles. The largest absolute Gasteiger partial charge is 0.313 e. The Morgan fingerprint density at radius 2 is 2.00 bits per heavy atom. The first-order chi connectivity index (χ1) is 4.89.